The Labute approximate surface area is 127 Å². The number of halogens is 1. The monoisotopic (exact) mass is 294 g/mol. The molecule has 2 N–H and O–H groups in total. The minimum atomic E-state index is -0.155. The van der Waals surface area contributed by atoms with Crippen LogP contribution in [-0.4, -0.2) is 36.2 Å². The topological polar surface area (TPSA) is 38.5 Å². The molecule has 1 aliphatic heterocycles. The van der Waals surface area contributed by atoms with Gasteiger partial charge in [-0.05, 0) is 46.7 Å². The first-order valence-corrected chi connectivity index (χ1v) is 7.72. The van der Waals surface area contributed by atoms with Gasteiger partial charge in [-0.3, -0.25) is 4.90 Å². The first-order valence-electron chi connectivity index (χ1n) is 7.72. The van der Waals surface area contributed by atoms with E-state index in [-0.39, 0.29) is 29.6 Å². The molecular formula is C17H27FN2O. The molecule has 0 radical (unpaired) electrons. The van der Waals surface area contributed by atoms with E-state index < -0.39 is 0 Å². The summed E-state index contributed by atoms with van der Waals surface area (Å²) in [4.78, 5) is 2.24. The van der Waals surface area contributed by atoms with Crippen LogP contribution in [0.1, 0.15) is 45.2 Å². The molecule has 0 bridgehead atoms. The molecule has 21 heavy (non-hydrogen) atoms. The Morgan fingerprint density at radius 2 is 1.90 bits per heavy atom. The molecule has 1 aromatic rings. The van der Waals surface area contributed by atoms with Gasteiger partial charge in [-0.15, -0.1) is 0 Å². The van der Waals surface area contributed by atoms with Gasteiger partial charge in [-0.1, -0.05) is 18.2 Å². The Hall–Kier alpha value is -0.970. The van der Waals surface area contributed by atoms with Crippen LogP contribution in [0.25, 0.3) is 0 Å². The molecule has 118 valence electrons. The van der Waals surface area contributed by atoms with Gasteiger partial charge in [0.05, 0.1) is 12.2 Å². The Morgan fingerprint density at radius 3 is 2.43 bits per heavy atom. The van der Waals surface area contributed by atoms with Crippen molar-refractivity contribution in [1.29, 1.82) is 0 Å². The number of benzene rings is 1. The maximum absolute atomic E-state index is 14.1. The summed E-state index contributed by atoms with van der Waals surface area (Å²) in [6.45, 7) is 6.77. The number of hydrogen-bond acceptors (Lipinski definition) is 3. The summed E-state index contributed by atoms with van der Waals surface area (Å²) < 4.78 is 19.9. The van der Waals surface area contributed by atoms with Crippen LogP contribution in [0, 0.1) is 5.82 Å². The number of nitrogens with two attached hydrogens (primary N) is 1. The summed E-state index contributed by atoms with van der Waals surface area (Å²) in [5, 5.41) is 0. The van der Waals surface area contributed by atoms with Crippen LogP contribution in [0.15, 0.2) is 24.3 Å². The van der Waals surface area contributed by atoms with Crippen molar-refractivity contribution in [2.45, 2.75) is 57.4 Å². The van der Waals surface area contributed by atoms with Crippen LogP contribution in [0.2, 0.25) is 0 Å². The van der Waals surface area contributed by atoms with E-state index in [2.05, 4.69) is 25.8 Å². The third-order valence-corrected chi connectivity index (χ3v) is 4.86. The highest BCUT2D eigenvalue weighted by Crippen LogP contribution is 2.37. The van der Waals surface area contributed by atoms with Crippen LogP contribution in [-0.2, 0) is 4.74 Å². The summed E-state index contributed by atoms with van der Waals surface area (Å²) in [6, 6.07) is 6.96. The molecule has 0 aliphatic carbocycles. The minimum absolute atomic E-state index is 0.0211. The van der Waals surface area contributed by atoms with Gasteiger partial charge in [0.25, 0.3) is 0 Å². The fourth-order valence-corrected chi connectivity index (χ4v) is 3.68. The van der Waals surface area contributed by atoms with Gasteiger partial charge < -0.3 is 10.5 Å². The lowest BCUT2D eigenvalue weighted by Crippen LogP contribution is -2.59. The number of nitrogens with zero attached hydrogens (tertiary/aromatic N) is 1. The zero-order chi connectivity index (χ0) is 15.6. The summed E-state index contributed by atoms with van der Waals surface area (Å²) in [7, 11) is 2.05. The Bertz CT molecular complexity index is 470. The molecule has 2 rings (SSSR count). The van der Waals surface area contributed by atoms with Gasteiger partial charge in [0, 0.05) is 23.7 Å². The maximum atomic E-state index is 14.1. The largest absolute Gasteiger partial charge is 0.375 e. The van der Waals surface area contributed by atoms with Crippen molar-refractivity contribution >= 4 is 0 Å². The van der Waals surface area contributed by atoms with Crippen molar-refractivity contribution in [3.63, 3.8) is 0 Å². The molecule has 1 aromatic carbocycles. The first-order chi connectivity index (χ1) is 9.89. The molecular weight excluding hydrogens is 267 g/mol. The molecule has 3 unspecified atom stereocenters. The molecule has 0 spiro atoms. The van der Waals surface area contributed by atoms with Crippen molar-refractivity contribution in [2.75, 3.05) is 13.6 Å². The summed E-state index contributed by atoms with van der Waals surface area (Å²) in [5.74, 6) is -0.155. The Morgan fingerprint density at radius 1 is 1.33 bits per heavy atom. The molecule has 1 fully saturated rings. The third-order valence-electron chi connectivity index (χ3n) is 4.86. The van der Waals surface area contributed by atoms with Crippen molar-refractivity contribution < 1.29 is 9.13 Å². The third kappa shape index (κ3) is 3.28. The molecule has 3 nitrogen and oxygen atoms in total. The van der Waals surface area contributed by atoms with Crippen molar-refractivity contribution in [2.24, 2.45) is 5.73 Å². The first kappa shape index (κ1) is 16.4. The van der Waals surface area contributed by atoms with E-state index in [1.807, 2.05) is 19.1 Å². The molecule has 0 aromatic heterocycles. The fourth-order valence-electron chi connectivity index (χ4n) is 3.68. The molecule has 0 amide bonds. The van der Waals surface area contributed by atoms with Crippen LogP contribution >= 0.6 is 0 Å². The van der Waals surface area contributed by atoms with Crippen molar-refractivity contribution in [1.82, 2.24) is 4.90 Å². The number of hydrogen-bond donors (Lipinski definition) is 1. The van der Waals surface area contributed by atoms with Crippen LogP contribution < -0.4 is 5.73 Å². The van der Waals surface area contributed by atoms with E-state index in [1.54, 1.807) is 6.07 Å². The normalized spacial score (nSPS) is 31.4. The molecule has 4 heteroatoms. The van der Waals surface area contributed by atoms with E-state index in [4.69, 9.17) is 10.5 Å². The number of ether oxygens (including phenoxy) is 1. The minimum Gasteiger partial charge on any atom is -0.375 e. The standard InChI is InChI=1S/C17H27FN2O/c1-12-9-17(11-19,10-13(2)21-12)20(4)14(3)15-7-5-6-8-16(15)18/h5-8,12-14H,9-11,19H2,1-4H3. The molecule has 1 saturated heterocycles. The van der Waals surface area contributed by atoms with Gasteiger partial charge >= 0.3 is 0 Å². The van der Waals surface area contributed by atoms with E-state index >= 15 is 0 Å². The molecule has 1 heterocycles. The summed E-state index contributed by atoms with van der Waals surface area (Å²) in [6.07, 6.45) is 2.10. The zero-order valence-corrected chi connectivity index (χ0v) is 13.5. The Kier molecular flexibility index (Phi) is 5.02. The average molecular weight is 294 g/mol. The summed E-state index contributed by atoms with van der Waals surface area (Å²) >= 11 is 0. The van der Waals surface area contributed by atoms with Crippen molar-refractivity contribution in [3.05, 3.63) is 35.6 Å². The van der Waals surface area contributed by atoms with E-state index in [0.717, 1.165) is 18.4 Å². The van der Waals surface area contributed by atoms with Crippen LogP contribution in [0.4, 0.5) is 4.39 Å². The van der Waals surface area contributed by atoms with Crippen LogP contribution in [0.5, 0.6) is 0 Å². The lowest BCUT2D eigenvalue weighted by atomic mass is 9.81. The lowest BCUT2D eigenvalue weighted by Gasteiger charge is -2.50. The van der Waals surface area contributed by atoms with Gasteiger partial charge in [-0.2, -0.15) is 0 Å². The van der Waals surface area contributed by atoms with Gasteiger partial charge in [0.15, 0.2) is 0 Å². The SMILES string of the molecule is CC1CC(CN)(N(C)C(C)c2ccccc2F)CC(C)O1. The van der Waals surface area contributed by atoms with Gasteiger partial charge in [0.1, 0.15) is 5.82 Å². The summed E-state index contributed by atoms with van der Waals surface area (Å²) in [5.41, 5.74) is 6.71. The highest BCUT2D eigenvalue weighted by Gasteiger charge is 2.42. The van der Waals surface area contributed by atoms with Crippen molar-refractivity contribution in [3.8, 4) is 0 Å². The molecule has 1 aliphatic rings. The van der Waals surface area contributed by atoms with Crippen LogP contribution in [0.3, 0.4) is 0 Å². The predicted molar refractivity (Wildman–Crippen MR) is 83.6 cm³/mol. The quantitative estimate of drug-likeness (QED) is 0.927. The highest BCUT2D eigenvalue weighted by molar-refractivity contribution is 5.21. The second kappa shape index (κ2) is 6.42. The maximum Gasteiger partial charge on any atom is 0.127 e. The zero-order valence-electron chi connectivity index (χ0n) is 13.5. The van der Waals surface area contributed by atoms with E-state index in [1.165, 1.54) is 6.07 Å². The molecule has 0 saturated carbocycles. The number of likely N-dealkylation sites (N-methyl/N-ethyl adjacent to an activating group) is 1. The van der Waals surface area contributed by atoms with Gasteiger partial charge in [0.2, 0.25) is 0 Å². The van der Waals surface area contributed by atoms with E-state index in [0.29, 0.717) is 6.54 Å². The predicted octanol–water partition coefficient (Wildman–Crippen LogP) is 3.10. The smallest absolute Gasteiger partial charge is 0.127 e. The second-order valence-corrected chi connectivity index (χ2v) is 6.40. The van der Waals surface area contributed by atoms with E-state index in [9.17, 15) is 4.39 Å². The van der Waals surface area contributed by atoms with Gasteiger partial charge in [-0.25, -0.2) is 4.39 Å². The number of rotatable bonds is 4. The second-order valence-electron chi connectivity index (χ2n) is 6.40. The molecule has 3 atom stereocenters. The lowest BCUT2D eigenvalue weighted by molar-refractivity contribution is -0.105. The highest BCUT2D eigenvalue weighted by atomic mass is 19.1. The fraction of sp³-hybridized carbons (Fsp3) is 0.647. The average Bonchev–Trinajstić information content (AvgIpc) is 2.45. The Balaban J connectivity index is 2.27.